The van der Waals surface area contributed by atoms with E-state index in [2.05, 4.69) is 20.3 Å². The van der Waals surface area contributed by atoms with Crippen molar-refractivity contribution in [2.24, 2.45) is 0 Å². The van der Waals surface area contributed by atoms with Gasteiger partial charge in [-0.25, -0.2) is 19.0 Å². The largest absolute Gasteiger partial charge is 2.00 e. The van der Waals surface area contributed by atoms with E-state index in [1.807, 2.05) is 0 Å². The summed E-state index contributed by atoms with van der Waals surface area (Å²) in [6, 6.07) is 13.2. The van der Waals surface area contributed by atoms with Crippen molar-refractivity contribution in [1.29, 1.82) is 0 Å². The van der Waals surface area contributed by atoms with Gasteiger partial charge in [0, 0.05) is 0 Å². The van der Waals surface area contributed by atoms with Gasteiger partial charge in [-0.05, 0) is 12.1 Å². The van der Waals surface area contributed by atoms with Crippen molar-refractivity contribution >= 4 is 10.1 Å². The molecule has 0 atom stereocenters. The van der Waals surface area contributed by atoms with Gasteiger partial charge in [-0.3, -0.25) is 0 Å². The monoisotopic (exact) mass is 333 g/mol. The van der Waals surface area contributed by atoms with E-state index >= 15 is 0 Å². The molecule has 4 aromatic rings. The van der Waals surface area contributed by atoms with Gasteiger partial charge in [0.05, 0.1) is 11.1 Å². The number of hydrogen-bond donors (Lipinski definition) is 0. The third-order valence-corrected chi connectivity index (χ3v) is 3.05. The van der Waals surface area contributed by atoms with Crippen LogP contribution >= 0.6 is 0 Å². The molecule has 2 heterocycles. The molecular weight excluding hydrogens is 321 g/mol. The first-order valence-electron chi connectivity index (χ1n) is 6.93. The summed E-state index contributed by atoms with van der Waals surface area (Å²) in [4.78, 5) is 5.43. The van der Waals surface area contributed by atoms with Gasteiger partial charge < -0.3 is 10.2 Å². The fourth-order valence-electron chi connectivity index (χ4n) is 1.94. The SMILES string of the molecule is [Be+2].[O-]c1ccccc1-c1[nH+]cno1.[O-]c1ccccc1-c1[nH+]cno1. The molecule has 25 heavy (non-hydrogen) atoms. The molecule has 2 aromatic carbocycles. The molecule has 0 fully saturated rings. The first-order valence-corrected chi connectivity index (χ1v) is 6.93. The molecule has 0 aliphatic heterocycles. The Kier molecular flexibility index (Phi) is 5.97. The van der Waals surface area contributed by atoms with Crippen molar-refractivity contribution in [3.05, 3.63) is 61.2 Å². The van der Waals surface area contributed by atoms with Crippen LogP contribution in [0.1, 0.15) is 0 Å². The quantitative estimate of drug-likeness (QED) is 0.478. The molecule has 0 saturated heterocycles. The second-order valence-corrected chi connectivity index (χ2v) is 4.59. The molecule has 0 aliphatic carbocycles. The van der Waals surface area contributed by atoms with E-state index in [4.69, 9.17) is 9.05 Å². The van der Waals surface area contributed by atoms with Crippen LogP contribution in [0.5, 0.6) is 11.5 Å². The first-order chi connectivity index (χ1) is 11.8. The zero-order chi connectivity index (χ0) is 16.8. The maximum atomic E-state index is 11.2. The number of benzene rings is 2. The Balaban J connectivity index is 0.000000173. The summed E-state index contributed by atoms with van der Waals surface area (Å²) in [5, 5.41) is 29.4. The van der Waals surface area contributed by atoms with Gasteiger partial charge in [0.15, 0.2) is 10.3 Å². The Morgan fingerprint density at radius 3 is 1.40 bits per heavy atom. The fraction of sp³-hybridized carbons (Fsp3) is 0. The second-order valence-electron chi connectivity index (χ2n) is 4.59. The van der Waals surface area contributed by atoms with E-state index in [9.17, 15) is 10.2 Å². The first kappa shape index (κ1) is 17.8. The third kappa shape index (κ3) is 4.27. The van der Waals surface area contributed by atoms with Crippen LogP contribution in [0, 0.1) is 0 Å². The standard InChI is InChI=1S/2C8H6N2O2.Be/c2*11-7-4-2-1-3-6(7)8-9-5-10-12-8;/h2*1-5,11H;/q;;+2. The Bertz CT molecular complexity index is 822. The number of H-pyrrole nitrogens is 2. The number of para-hydroxylation sites is 2. The van der Waals surface area contributed by atoms with Crippen molar-refractivity contribution in [3.8, 4) is 34.4 Å². The number of aromatic nitrogens is 4. The van der Waals surface area contributed by atoms with Crippen LogP contribution in [-0.4, -0.2) is 20.4 Å². The Labute approximate surface area is 146 Å². The molecule has 0 spiro atoms. The third-order valence-electron chi connectivity index (χ3n) is 3.05. The molecule has 0 radical (unpaired) electrons. The van der Waals surface area contributed by atoms with Crippen LogP contribution in [0.4, 0.5) is 0 Å². The summed E-state index contributed by atoms with van der Waals surface area (Å²) in [5.74, 6) is 0.622. The summed E-state index contributed by atoms with van der Waals surface area (Å²) < 4.78 is 9.59. The van der Waals surface area contributed by atoms with Crippen molar-refractivity contribution < 1.29 is 29.2 Å². The summed E-state index contributed by atoms with van der Waals surface area (Å²) in [6.45, 7) is 0. The van der Waals surface area contributed by atoms with Crippen LogP contribution in [0.15, 0.2) is 70.2 Å². The molecule has 9 heteroatoms. The summed E-state index contributed by atoms with van der Waals surface area (Å²) >= 11 is 0. The maximum absolute atomic E-state index is 11.2. The van der Waals surface area contributed by atoms with Gasteiger partial charge in [-0.1, -0.05) is 47.9 Å². The molecule has 0 unspecified atom stereocenters. The zero-order valence-corrected chi connectivity index (χ0v) is 13.0. The minimum atomic E-state index is -0.0782. The Hall–Kier alpha value is -3.51. The molecule has 2 aromatic heterocycles. The van der Waals surface area contributed by atoms with Crippen LogP contribution < -0.4 is 20.2 Å². The van der Waals surface area contributed by atoms with Crippen molar-refractivity contribution in [3.63, 3.8) is 0 Å². The predicted octanol–water partition coefficient (Wildman–Crippen LogP) is 0.0778. The zero-order valence-electron chi connectivity index (χ0n) is 13.0. The minimum Gasteiger partial charge on any atom is -0.872 e. The van der Waals surface area contributed by atoms with Gasteiger partial charge in [-0.15, -0.1) is 0 Å². The van der Waals surface area contributed by atoms with Gasteiger partial charge in [0.2, 0.25) is 0 Å². The van der Waals surface area contributed by atoms with Crippen LogP contribution in [0.3, 0.4) is 0 Å². The van der Waals surface area contributed by atoms with E-state index in [1.54, 1.807) is 36.4 Å². The van der Waals surface area contributed by atoms with Crippen LogP contribution in [0.25, 0.3) is 22.9 Å². The average Bonchev–Trinajstić information content (AvgIpc) is 3.30. The summed E-state index contributed by atoms with van der Waals surface area (Å²) in [7, 11) is 0. The summed E-state index contributed by atoms with van der Waals surface area (Å²) in [6.07, 6.45) is 2.78. The van der Waals surface area contributed by atoms with Gasteiger partial charge in [-0.2, -0.15) is 0 Å². The predicted molar refractivity (Wildman–Crippen MR) is 81.6 cm³/mol. The molecule has 2 N–H and O–H groups in total. The van der Waals surface area contributed by atoms with E-state index < -0.39 is 0 Å². The molecule has 0 bridgehead atoms. The van der Waals surface area contributed by atoms with Crippen molar-refractivity contribution in [2.75, 3.05) is 0 Å². The molecule has 0 amide bonds. The normalized spacial score (nSPS) is 9.60. The summed E-state index contributed by atoms with van der Waals surface area (Å²) in [5.41, 5.74) is 0.991. The molecule has 0 aliphatic rings. The smallest absolute Gasteiger partial charge is 0.872 e. The van der Waals surface area contributed by atoms with Crippen molar-refractivity contribution in [2.45, 2.75) is 0 Å². The van der Waals surface area contributed by atoms with Crippen LogP contribution in [0.2, 0.25) is 0 Å². The van der Waals surface area contributed by atoms with Crippen molar-refractivity contribution in [1.82, 2.24) is 10.3 Å². The van der Waals surface area contributed by atoms with E-state index in [1.165, 1.54) is 24.8 Å². The number of nitrogens with one attached hydrogen (secondary N) is 2. The average molecular weight is 333 g/mol. The fourth-order valence-corrected chi connectivity index (χ4v) is 1.94. The van der Waals surface area contributed by atoms with E-state index in [0.29, 0.717) is 22.9 Å². The number of hydrogen-bond acceptors (Lipinski definition) is 6. The molecule has 0 saturated carbocycles. The topological polar surface area (TPSA) is 126 Å². The molecule has 4 rings (SSSR count). The van der Waals surface area contributed by atoms with Gasteiger partial charge >= 0.3 is 34.6 Å². The number of rotatable bonds is 2. The van der Waals surface area contributed by atoms with Gasteiger partial charge in [0.1, 0.15) is 0 Å². The van der Waals surface area contributed by atoms with E-state index in [-0.39, 0.29) is 21.6 Å². The number of aromatic amines is 2. The number of nitrogens with zero attached hydrogens (tertiary/aromatic N) is 2. The Morgan fingerprint density at radius 1 is 0.680 bits per heavy atom. The molecule has 8 nitrogen and oxygen atoms in total. The Morgan fingerprint density at radius 2 is 1.08 bits per heavy atom. The molecular formula is C16H12BeN4O4+2. The molecule has 120 valence electrons. The minimum absolute atomic E-state index is 0. The maximum Gasteiger partial charge on any atom is 2.00 e. The van der Waals surface area contributed by atoms with E-state index in [0.717, 1.165) is 0 Å². The second kappa shape index (κ2) is 8.37. The van der Waals surface area contributed by atoms with Crippen LogP contribution in [-0.2, 0) is 0 Å². The van der Waals surface area contributed by atoms with Gasteiger partial charge in [0.25, 0.3) is 0 Å².